The van der Waals surface area contributed by atoms with Crippen LogP contribution in [0.2, 0.25) is 0 Å². The summed E-state index contributed by atoms with van der Waals surface area (Å²) in [7, 11) is 1.79. The van der Waals surface area contributed by atoms with Crippen LogP contribution >= 0.6 is 11.8 Å². The number of carbonyl (C=O) groups excluding carboxylic acids is 1. The van der Waals surface area contributed by atoms with Crippen LogP contribution in [0.15, 0.2) is 64.2 Å². The van der Waals surface area contributed by atoms with E-state index in [1.165, 1.54) is 11.8 Å². The Labute approximate surface area is 173 Å². The van der Waals surface area contributed by atoms with E-state index >= 15 is 0 Å². The number of amides is 1. The minimum absolute atomic E-state index is 0.00946. The lowest BCUT2D eigenvalue weighted by atomic mass is 10.2. The van der Waals surface area contributed by atoms with Gasteiger partial charge in [0.05, 0.1) is 5.25 Å². The molecule has 1 aliphatic rings. The van der Waals surface area contributed by atoms with Crippen molar-refractivity contribution < 1.29 is 18.7 Å². The highest BCUT2D eigenvalue weighted by molar-refractivity contribution is 8.00. The number of thioether (sulfide) groups is 1. The second-order valence-corrected chi connectivity index (χ2v) is 8.00. The van der Waals surface area contributed by atoms with Crippen LogP contribution in [0.3, 0.4) is 0 Å². The number of rotatable bonds is 6. The van der Waals surface area contributed by atoms with Gasteiger partial charge in [0.1, 0.15) is 6.61 Å². The van der Waals surface area contributed by atoms with E-state index in [-0.39, 0.29) is 17.8 Å². The van der Waals surface area contributed by atoms with E-state index in [0.717, 1.165) is 5.56 Å². The molecule has 0 saturated heterocycles. The Balaban J connectivity index is 1.35. The van der Waals surface area contributed by atoms with Gasteiger partial charge in [-0.3, -0.25) is 4.79 Å². The molecule has 1 aliphatic heterocycles. The summed E-state index contributed by atoms with van der Waals surface area (Å²) in [5.74, 6) is 1.66. The predicted molar refractivity (Wildman–Crippen MR) is 108 cm³/mol. The molecule has 0 aliphatic carbocycles. The summed E-state index contributed by atoms with van der Waals surface area (Å²) in [6.45, 7) is 2.67. The highest BCUT2D eigenvalue weighted by Crippen LogP contribution is 2.36. The Morgan fingerprint density at radius 3 is 2.66 bits per heavy atom. The van der Waals surface area contributed by atoms with Crippen LogP contribution in [-0.4, -0.2) is 39.9 Å². The van der Waals surface area contributed by atoms with Crippen LogP contribution in [-0.2, 0) is 11.3 Å². The first-order valence-electron chi connectivity index (χ1n) is 9.27. The van der Waals surface area contributed by atoms with Crippen LogP contribution in [0.1, 0.15) is 24.5 Å². The molecule has 2 heterocycles. The Hall–Kier alpha value is -3.00. The Morgan fingerprint density at radius 1 is 1.14 bits per heavy atom. The molecule has 0 fully saturated rings. The van der Waals surface area contributed by atoms with E-state index in [1.54, 1.807) is 11.9 Å². The molecule has 3 aromatic rings. The number of carbonyl (C=O) groups is 1. The summed E-state index contributed by atoms with van der Waals surface area (Å²) in [6, 6.07) is 17.3. The molecular weight excluding hydrogens is 390 g/mol. The van der Waals surface area contributed by atoms with Crippen LogP contribution in [0, 0.1) is 0 Å². The average Bonchev–Trinajstić information content (AvgIpc) is 3.22. The maximum absolute atomic E-state index is 12.7. The summed E-state index contributed by atoms with van der Waals surface area (Å²) in [5.41, 5.74) is 1.08. The van der Waals surface area contributed by atoms with Gasteiger partial charge in [-0.15, -0.1) is 10.2 Å². The largest absolute Gasteiger partial charge is 0.485 e. The molecule has 29 heavy (non-hydrogen) atoms. The van der Waals surface area contributed by atoms with Crippen molar-refractivity contribution in [2.24, 2.45) is 0 Å². The van der Waals surface area contributed by atoms with E-state index in [1.807, 2.05) is 61.5 Å². The van der Waals surface area contributed by atoms with Crippen molar-refractivity contribution >= 4 is 17.7 Å². The molecule has 1 aromatic heterocycles. The Kier molecular flexibility index (Phi) is 5.71. The summed E-state index contributed by atoms with van der Waals surface area (Å²) in [4.78, 5) is 14.4. The number of aromatic nitrogens is 2. The number of ether oxygens (including phenoxy) is 2. The van der Waals surface area contributed by atoms with Crippen molar-refractivity contribution in [3.8, 4) is 11.5 Å². The number of nitrogens with zero attached hydrogens (tertiary/aromatic N) is 3. The fraction of sp³-hybridized carbons (Fsp3) is 0.286. The molecule has 2 aromatic carbocycles. The zero-order chi connectivity index (χ0) is 20.2. The van der Waals surface area contributed by atoms with Gasteiger partial charge in [-0.1, -0.05) is 54.2 Å². The van der Waals surface area contributed by atoms with Crippen molar-refractivity contribution in [1.82, 2.24) is 15.1 Å². The maximum Gasteiger partial charge on any atom is 0.277 e. The third kappa shape index (κ3) is 4.54. The van der Waals surface area contributed by atoms with Crippen molar-refractivity contribution in [1.29, 1.82) is 0 Å². The number of para-hydroxylation sites is 2. The minimum atomic E-state index is -0.474. The van der Waals surface area contributed by atoms with Gasteiger partial charge >= 0.3 is 0 Å². The summed E-state index contributed by atoms with van der Waals surface area (Å²) in [5, 5.41) is 8.09. The van der Waals surface area contributed by atoms with Crippen LogP contribution in [0.4, 0.5) is 0 Å². The molecule has 8 heteroatoms. The van der Waals surface area contributed by atoms with Gasteiger partial charge in [0.25, 0.3) is 11.1 Å². The quantitative estimate of drug-likeness (QED) is 0.572. The number of hydrogen-bond donors (Lipinski definition) is 0. The maximum atomic E-state index is 12.7. The van der Waals surface area contributed by atoms with Crippen molar-refractivity contribution in [3.05, 3.63) is 66.1 Å². The lowest BCUT2D eigenvalue weighted by Crippen LogP contribution is -2.32. The lowest BCUT2D eigenvalue weighted by molar-refractivity contribution is -0.129. The molecule has 2 unspecified atom stereocenters. The smallest absolute Gasteiger partial charge is 0.277 e. The highest BCUT2D eigenvalue weighted by atomic mass is 32.2. The standard InChI is InChI=1S/C21H21N3O4S/c1-14(20(25)24(2)12-15-8-4-3-5-9-15)29-21-23-22-19(28-21)18-13-26-16-10-6-7-11-17(16)27-18/h3-11,14,18H,12-13H2,1-2H3. The molecule has 4 rings (SSSR count). The summed E-state index contributed by atoms with van der Waals surface area (Å²) >= 11 is 1.23. The molecular formula is C21H21N3O4S. The molecule has 1 amide bonds. The first-order chi connectivity index (χ1) is 14.1. The second kappa shape index (κ2) is 8.57. The predicted octanol–water partition coefficient (Wildman–Crippen LogP) is 3.72. The van der Waals surface area contributed by atoms with Gasteiger partial charge in [-0.25, -0.2) is 0 Å². The molecule has 2 atom stereocenters. The number of fused-ring (bicyclic) bond motifs is 1. The van der Waals surface area contributed by atoms with E-state index in [0.29, 0.717) is 29.2 Å². The normalized spacial score (nSPS) is 16.3. The van der Waals surface area contributed by atoms with E-state index < -0.39 is 6.10 Å². The van der Waals surface area contributed by atoms with Crippen molar-refractivity contribution in [2.45, 2.75) is 30.0 Å². The van der Waals surface area contributed by atoms with Gasteiger partial charge in [0.15, 0.2) is 11.5 Å². The van der Waals surface area contributed by atoms with Crippen LogP contribution in [0.25, 0.3) is 0 Å². The van der Waals surface area contributed by atoms with E-state index in [2.05, 4.69) is 10.2 Å². The van der Waals surface area contributed by atoms with Gasteiger partial charge in [-0.2, -0.15) is 0 Å². The third-order valence-electron chi connectivity index (χ3n) is 4.47. The lowest BCUT2D eigenvalue weighted by Gasteiger charge is -2.23. The molecule has 7 nitrogen and oxygen atoms in total. The molecule has 0 radical (unpaired) electrons. The van der Waals surface area contributed by atoms with Gasteiger partial charge in [0.2, 0.25) is 12.0 Å². The Bertz CT molecular complexity index is 979. The Morgan fingerprint density at radius 2 is 1.86 bits per heavy atom. The third-order valence-corrected chi connectivity index (χ3v) is 5.39. The van der Waals surface area contributed by atoms with Gasteiger partial charge < -0.3 is 18.8 Å². The molecule has 0 bridgehead atoms. The average molecular weight is 411 g/mol. The van der Waals surface area contributed by atoms with Crippen molar-refractivity contribution in [3.63, 3.8) is 0 Å². The molecule has 150 valence electrons. The van der Waals surface area contributed by atoms with Gasteiger partial charge in [0, 0.05) is 13.6 Å². The van der Waals surface area contributed by atoms with Crippen LogP contribution in [0.5, 0.6) is 11.5 Å². The van der Waals surface area contributed by atoms with Crippen LogP contribution < -0.4 is 9.47 Å². The monoisotopic (exact) mass is 411 g/mol. The zero-order valence-corrected chi connectivity index (χ0v) is 17.0. The fourth-order valence-electron chi connectivity index (χ4n) is 2.99. The topological polar surface area (TPSA) is 77.7 Å². The number of hydrogen-bond acceptors (Lipinski definition) is 7. The van der Waals surface area contributed by atoms with Gasteiger partial charge in [-0.05, 0) is 24.6 Å². The van der Waals surface area contributed by atoms with E-state index in [4.69, 9.17) is 13.9 Å². The first-order valence-corrected chi connectivity index (χ1v) is 10.2. The second-order valence-electron chi connectivity index (χ2n) is 6.71. The molecule has 0 N–H and O–H groups in total. The minimum Gasteiger partial charge on any atom is -0.485 e. The van der Waals surface area contributed by atoms with Crippen molar-refractivity contribution in [2.75, 3.05) is 13.7 Å². The summed E-state index contributed by atoms with van der Waals surface area (Å²) < 4.78 is 17.3. The zero-order valence-electron chi connectivity index (χ0n) is 16.1. The van der Waals surface area contributed by atoms with E-state index in [9.17, 15) is 4.79 Å². The molecule has 0 spiro atoms. The fourth-order valence-corrected chi connectivity index (χ4v) is 3.79. The summed E-state index contributed by atoms with van der Waals surface area (Å²) in [6.07, 6.45) is -0.474. The SMILES string of the molecule is CC(Sc1nnc(C2COc3ccccc3O2)o1)C(=O)N(C)Cc1ccccc1. The number of benzene rings is 2. The first kappa shape index (κ1) is 19.3. The highest BCUT2D eigenvalue weighted by Gasteiger charge is 2.28. The molecule has 0 saturated carbocycles.